The molecule has 1 heterocycles. The summed E-state index contributed by atoms with van der Waals surface area (Å²) in [5.41, 5.74) is 0. The van der Waals surface area contributed by atoms with Crippen LogP contribution in [0.2, 0.25) is 0 Å². The Morgan fingerprint density at radius 2 is 2.15 bits per heavy atom. The largest absolute Gasteiger partial charge is 0.312 e. The summed E-state index contributed by atoms with van der Waals surface area (Å²) in [6, 6.07) is 1.81. The van der Waals surface area contributed by atoms with Crippen LogP contribution >= 0.6 is 11.3 Å². The fourth-order valence-corrected chi connectivity index (χ4v) is 4.99. The molecule has 1 aliphatic carbocycles. The van der Waals surface area contributed by atoms with Crippen molar-refractivity contribution in [2.45, 2.75) is 51.0 Å². The lowest BCUT2D eigenvalue weighted by molar-refractivity contribution is 0.316. The molecule has 114 valence electrons. The summed E-state index contributed by atoms with van der Waals surface area (Å²) in [4.78, 5) is 2.41. The number of rotatable bonds is 8. The van der Waals surface area contributed by atoms with E-state index in [9.17, 15) is 8.42 Å². The lowest BCUT2D eigenvalue weighted by Crippen LogP contribution is -2.32. The topological polar surface area (TPSA) is 58.2 Å². The predicted molar refractivity (Wildman–Crippen MR) is 83.6 cm³/mol. The molecule has 0 amide bonds. The maximum atomic E-state index is 12.3. The molecule has 4 nitrogen and oxygen atoms in total. The Hall–Kier alpha value is -0.430. The minimum atomic E-state index is -3.34. The average Bonchev–Trinajstić information content (AvgIpc) is 2.69. The van der Waals surface area contributed by atoms with Crippen LogP contribution in [0.3, 0.4) is 0 Å². The van der Waals surface area contributed by atoms with E-state index in [4.69, 9.17) is 0 Å². The second kappa shape index (κ2) is 7.02. The molecule has 0 saturated heterocycles. The maximum Gasteiger partial charge on any atom is 0.241 e. The van der Waals surface area contributed by atoms with Crippen LogP contribution in [-0.2, 0) is 16.6 Å². The minimum absolute atomic E-state index is 0.454. The van der Waals surface area contributed by atoms with E-state index in [0.717, 1.165) is 42.1 Å². The molecule has 1 saturated carbocycles. The summed E-state index contributed by atoms with van der Waals surface area (Å²) in [5, 5.41) is 3.31. The summed E-state index contributed by atoms with van der Waals surface area (Å²) in [6.07, 6.45) is 4.62. The fourth-order valence-electron chi connectivity index (χ4n) is 2.27. The van der Waals surface area contributed by atoms with Crippen molar-refractivity contribution in [1.29, 1.82) is 0 Å². The van der Waals surface area contributed by atoms with E-state index in [1.807, 2.05) is 13.0 Å². The molecule has 0 bridgehead atoms. The first-order chi connectivity index (χ1) is 9.53. The third kappa shape index (κ3) is 4.04. The van der Waals surface area contributed by atoms with E-state index < -0.39 is 10.0 Å². The first-order valence-corrected chi connectivity index (χ1v) is 9.62. The lowest BCUT2D eigenvalue weighted by Gasteiger charge is -2.25. The number of nitrogens with one attached hydrogen (secondary N) is 2. The van der Waals surface area contributed by atoms with Crippen LogP contribution in [0.25, 0.3) is 0 Å². The minimum Gasteiger partial charge on any atom is -0.312 e. The molecule has 1 aromatic rings. The Morgan fingerprint density at radius 1 is 1.40 bits per heavy atom. The van der Waals surface area contributed by atoms with Crippen molar-refractivity contribution < 1.29 is 8.42 Å². The third-order valence-electron chi connectivity index (χ3n) is 3.73. The van der Waals surface area contributed by atoms with Crippen LogP contribution in [0.5, 0.6) is 0 Å². The molecule has 6 heteroatoms. The zero-order chi connectivity index (χ0) is 14.6. The van der Waals surface area contributed by atoms with Crippen molar-refractivity contribution in [3.63, 3.8) is 0 Å². The molecule has 0 radical (unpaired) electrons. The Balaban J connectivity index is 1.98. The number of aryl methyl sites for hydroxylation is 1. The monoisotopic (exact) mass is 316 g/mol. The quantitative estimate of drug-likeness (QED) is 0.725. The standard InChI is InChI=1S/C14H24N2O2S2/c1-3-7-15-10-13-8-14(11(2)19-13)20(17,18)16-9-12-5-4-6-12/h8,12,15-16H,3-7,9-10H2,1-2H3. The second-order valence-electron chi connectivity index (χ2n) is 5.46. The number of thiophene rings is 1. The van der Waals surface area contributed by atoms with Gasteiger partial charge < -0.3 is 5.32 Å². The van der Waals surface area contributed by atoms with Crippen molar-refractivity contribution in [2.24, 2.45) is 5.92 Å². The smallest absolute Gasteiger partial charge is 0.241 e. The van der Waals surface area contributed by atoms with Gasteiger partial charge in [-0.05, 0) is 44.7 Å². The molecule has 0 aromatic carbocycles. The lowest BCUT2D eigenvalue weighted by atomic mass is 9.86. The van der Waals surface area contributed by atoms with Gasteiger partial charge in [0.2, 0.25) is 10.0 Å². The summed E-state index contributed by atoms with van der Waals surface area (Å²) >= 11 is 1.56. The predicted octanol–water partition coefficient (Wildman–Crippen LogP) is 2.63. The van der Waals surface area contributed by atoms with Crippen molar-refractivity contribution in [2.75, 3.05) is 13.1 Å². The van der Waals surface area contributed by atoms with Crippen LogP contribution in [0.15, 0.2) is 11.0 Å². The van der Waals surface area contributed by atoms with Crippen molar-refractivity contribution in [3.05, 3.63) is 15.8 Å². The fraction of sp³-hybridized carbons (Fsp3) is 0.714. The van der Waals surface area contributed by atoms with E-state index in [2.05, 4.69) is 17.0 Å². The van der Waals surface area contributed by atoms with Crippen LogP contribution in [0.1, 0.15) is 42.4 Å². The molecule has 0 aliphatic heterocycles. The van der Waals surface area contributed by atoms with Gasteiger partial charge in [0.15, 0.2) is 0 Å². The van der Waals surface area contributed by atoms with E-state index in [-0.39, 0.29) is 0 Å². The van der Waals surface area contributed by atoms with Crippen molar-refractivity contribution in [1.82, 2.24) is 10.0 Å². The summed E-state index contributed by atoms with van der Waals surface area (Å²) in [7, 11) is -3.34. The Morgan fingerprint density at radius 3 is 2.75 bits per heavy atom. The van der Waals surface area contributed by atoms with Gasteiger partial charge in [0.1, 0.15) is 0 Å². The molecule has 1 aliphatic rings. The van der Waals surface area contributed by atoms with E-state index in [1.165, 1.54) is 6.42 Å². The molecule has 1 aromatic heterocycles. The Kier molecular flexibility index (Phi) is 5.60. The van der Waals surface area contributed by atoms with Gasteiger partial charge in [-0.1, -0.05) is 13.3 Å². The van der Waals surface area contributed by atoms with Crippen molar-refractivity contribution in [3.8, 4) is 0 Å². The van der Waals surface area contributed by atoms with Gasteiger partial charge in [-0.25, -0.2) is 13.1 Å². The number of sulfonamides is 1. The summed E-state index contributed by atoms with van der Waals surface area (Å²) < 4.78 is 27.4. The van der Waals surface area contributed by atoms with E-state index in [0.29, 0.717) is 17.4 Å². The number of hydrogen-bond donors (Lipinski definition) is 2. The first kappa shape index (κ1) is 15.9. The highest BCUT2D eigenvalue weighted by molar-refractivity contribution is 7.89. The SMILES string of the molecule is CCCNCc1cc(S(=O)(=O)NCC2CCC2)c(C)s1. The molecule has 2 N–H and O–H groups in total. The summed E-state index contributed by atoms with van der Waals surface area (Å²) in [5.74, 6) is 0.536. The third-order valence-corrected chi connectivity index (χ3v) is 6.46. The second-order valence-corrected chi connectivity index (χ2v) is 8.54. The molecule has 0 unspecified atom stereocenters. The normalized spacial score (nSPS) is 16.3. The highest BCUT2D eigenvalue weighted by atomic mass is 32.2. The highest BCUT2D eigenvalue weighted by Gasteiger charge is 2.23. The molecular formula is C14H24N2O2S2. The van der Waals surface area contributed by atoms with Crippen LogP contribution in [0.4, 0.5) is 0 Å². The average molecular weight is 316 g/mol. The first-order valence-electron chi connectivity index (χ1n) is 7.32. The van der Waals surface area contributed by atoms with Gasteiger partial charge in [-0.2, -0.15) is 0 Å². The van der Waals surface area contributed by atoms with E-state index in [1.54, 1.807) is 11.3 Å². The van der Waals surface area contributed by atoms with Crippen LogP contribution in [0, 0.1) is 12.8 Å². The Labute approximate surface area is 126 Å². The van der Waals surface area contributed by atoms with Gasteiger partial charge in [-0.3, -0.25) is 0 Å². The zero-order valence-electron chi connectivity index (χ0n) is 12.2. The Bertz CT molecular complexity index is 533. The number of hydrogen-bond acceptors (Lipinski definition) is 4. The maximum absolute atomic E-state index is 12.3. The van der Waals surface area contributed by atoms with Gasteiger partial charge in [0.25, 0.3) is 0 Å². The van der Waals surface area contributed by atoms with Crippen molar-refractivity contribution >= 4 is 21.4 Å². The zero-order valence-corrected chi connectivity index (χ0v) is 13.9. The van der Waals surface area contributed by atoms with E-state index >= 15 is 0 Å². The molecule has 20 heavy (non-hydrogen) atoms. The molecule has 0 atom stereocenters. The molecule has 0 spiro atoms. The van der Waals surface area contributed by atoms with Crippen LogP contribution < -0.4 is 10.0 Å². The van der Waals surface area contributed by atoms with Gasteiger partial charge in [-0.15, -0.1) is 11.3 Å². The van der Waals surface area contributed by atoms with Crippen LogP contribution in [-0.4, -0.2) is 21.5 Å². The van der Waals surface area contributed by atoms with Gasteiger partial charge >= 0.3 is 0 Å². The highest BCUT2D eigenvalue weighted by Crippen LogP contribution is 2.28. The van der Waals surface area contributed by atoms with Gasteiger partial charge in [0.05, 0.1) is 4.90 Å². The molecular weight excluding hydrogens is 292 g/mol. The summed E-state index contributed by atoms with van der Waals surface area (Å²) in [6.45, 7) is 6.29. The van der Waals surface area contributed by atoms with Gasteiger partial charge in [0, 0.05) is 22.8 Å². The molecule has 2 rings (SSSR count). The molecule has 1 fully saturated rings.